The summed E-state index contributed by atoms with van der Waals surface area (Å²) in [6.45, 7) is 0.421. The molecule has 0 unspecified atom stereocenters. The minimum atomic E-state index is 0.421. The van der Waals surface area contributed by atoms with Crippen LogP contribution in [0.2, 0.25) is 0 Å². The molecular formula is C11H13NO. The summed E-state index contributed by atoms with van der Waals surface area (Å²) in [7, 11) is 1.66. The molecule has 2 N–H and O–H groups in total. The monoisotopic (exact) mass is 175 g/mol. The van der Waals surface area contributed by atoms with Crippen molar-refractivity contribution in [2.45, 2.75) is 6.42 Å². The molecule has 13 heavy (non-hydrogen) atoms. The van der Waals surface area contributed by atoms with Gasteiger partial charge in [-0.05, 0) is 17.7 Å². The van der Waals surface area contributed by atoms with E-state index >= 15 is 0 Å². The van der Waals surface area contributed by atoms with Crippen molar-refractivity contribution in [3.63, 3.8) is 0 Å². The van der Waals surface area contributed by atoms with Crippen LogP contribution in [0.15, 0.2) is 24.3 Å². The van der Waals surface area contributed by atoms with Gasteiger partial charge in [-0.25, -0.2) is 0 Å². The van der Waals surface area contributed by atoms with Crippen molar-refractivity contribution in [1.29, 1.82) is 0 Å². The van der Waals surface area contributed by atoms with E-state index in [0.717, 1.165) is 17.7 Å². The summed E-state index contributed by atoms with van der Waals surface area (Å²) >= 11 is 0. The summed E-state index contributed by atoms with van der Waals surface area (Å²) in [5.41, 5.74) is 6.40. The van der Waals surface area contributed by atoms with E-state index in [1.165, 1.54) is 0 Å². The van der Waals surface area contributed by atoms with Gasteiger partial charge in [0.25, 0.3) is 0 Å². The normalized spacial score (nSPS) is 8.77. The van der Waals surface area contributed by atoms with Crippen LogP contribution in [0.1, 0.15) is 5.56 Å². The first-order chi connectivity index (χ1) is 6.36. The van der Waals surface area contributed by atoms with E-state index in [0.29, 0.717) is 6.54 Å². The molecule has 0 spiro atoms. The summed E-state index contributed by atoms with van der Waals surface area (Å²) in [5, 5.41) is 0. The summed E-state index contributed by atoms with van der Waals surface area (Å²) < 4.78 is 5.09. The van der Waals surface area contributed by atoms with E-state index in [1.807, 2.05) is 24.3 Å². The zero-order valence-corrected chi connectivity index (χ0v) is 7.71. The van der Waals surface area contributed by atoms with Crippen molar-refractivity contribution in [2.24, 2.45) is 5.73 Å². The van der Waals surface area contributed by atoms with Crippen molar-refractivity contribution in [3.05, 3.63) is 29.8 Å². The quantitative estimate of drug-likeness (QED) is 0.685. The van der Waals surface area contributed by atoms with Crippen molar-refractivity contribution in [1.82, 2.24) is 0 Å². The molecule has 0 aliphatic carbocycles. The van der Waals surface area contributed by atoms with E-state index < -0.39 is 0 Å². The smallest absolute Gasteiger partial charge is 0.119 e. The SMILES string of the molecule is COc1cccc(CC#CCN)c1. The van der Waals surface area contributed by atoms with Gasteiger partial charge in [-0.3, -0.25) is 0 Å². The van der Waals surface area contributed by atoms with Gasteiger partial charge in [0.1, 0.15) is 5.75 Å². The van der Waals surface area contributed by atoms with Crippen molar-refractivity contribution >= 4 is 0 Å². The number of hydrogen-bond acceptors (Lipinski definition) is 2. The highest BCUT2D eigenvalue weighted by Gasteiger charge is 1.92. The Morgan fingerprint density at radius 1 is 1.38 bits per heavy atom. The highest BCUT2D eigenvalue weighted by molar-refractivity contribution is 5.30. The number of benzene rings is 1. The molecule has 2 heteroatoms. The topological polar surface area (TPSA) is 35.2 Å². The summed E-state index contributed by atoms with van der Waals surface area (Å²) in [4.78, 5) is 0. The maximum atomic E-state index is 5.25. The van der Waals surface area contributed by atoms with Gasteiger partial charge < -0.3 is 10.5 Å². The fourth-order valence-electron chi connectivity index (χ4n) is 1.02. The van der Waals surface area contributed by atoms with Gasteiger partial charge in [0.2, 0.25) is 0 Å². The minimum absolute atomic E-state index is 0.421. The first-order valence-corrected chi connectivity index (χ1v) is 4.15. The Hall–Kier alpha value is -1.46. The predicted molar refractivity (Wildman–Crippen MR) is 53.5 cm³/mol. The average Bonchev–Trinajstić information content (AvgIpc) is 2.19. The van der Waals surface area contributed by atoms with Gasteiger partial charge in [0.05, 0.1) is 13.7 Å². The molecule has 0 fully saturated rings. The van der Waals surface area contributed by atoms with Gasteiger partial charge in [0.15, 0.2) is 0 Å². The van der Waals surface area contributed by atoms with Gasteiger partial charge in [0, 0.05) is 6.42 Å². The zero-order chi connectivity index (χ0) is 9.52. The molecule has 0 aliphatic heterocycles. The van der Waals surface area contributed by atoms with E-state index in [2.05, 4.69) is 11.8 Å². The number of ether oxygens (including phenoxy) is 1. The van der Waals surface area contributed by atoms with Crippen LogP contribution in [0.4, 0.5) is 0 Å². The molecule has 1 aromatic rings. The molecule has 2 nitrogen and oxygen atoms in total. The fraction of sp³-hybridized carbons (Fsp3) is 0.273. The Balaban J connectivity index is 2.66. The third kappa shape index (κ3) is 3.18. The molecule has 1 rings (SSSR count). The number of hydrogen-bond donors (Lipinski definition) is 1. The average molecular weight is 175 g/mol. The van der Waals surface area contributed by atoms with Crippen LogP contribution in [-0.2, 0) is 6.42 Å². The predicted octanol–water partition coefficient (Wildman–Crippen LogP) is 1.20. The molecule has 0 radical (unpaired) electrons. The van der Waals surface area contributed by atoms with Gasteiger partial charge in [-0.2, -0.15) is 0 Å². The Bertz CT molecular complexity index is 322. The molecule has 0 bridgehead atoms. The van der Waals surface area contributed by atoms with Crippen molar-refractivity contribution in [3.8, 4) is 17.6 Å². The maximum Gasteiger partial charge on any atom is 0.119 e. The maximum absolute atomic E-state index is 5.25. The van der Waals surface area contributed by atoms with Crippen molar-refractivity contribution in [2.75, 3.05) is 13.7 Å². The Labute approximate surface area is 78.7 Å². The number of nitrogens with two attached hydrogens (primary N) is 1. The highest BCUT2D eigenvalue weighted by Crippen LogP contribution is 2.12. The third-order valence-corrected chi connectivity index (χ3v) is 1.65. The third-order valence-electron chi connectivity index (χ3n) is 1.65. The van der Waals surface area contributed by atoms with E-state index in [4.69, 9.17) is 10.5 Å². The van der Waals surface area contributed by atoms with Crippen LogP contribution in [-0.4, -0.2) is 13.7 Å². The second-order valence-corrected chi connectivity index (χ2v) is 2.59. The fourth-order valence-corrected chi connectivity index (χ4v) is 1.02. The lowest BCUT2D eigenvalue weighted by Gasteiger charge is -2.00. The lowest BCUT2D eigenvalue weighted by Crippen LogP contribution is -1.93. The lowest BCUT2D eigenvalue weighted by molar-refractivity contribution is 0.414. The van der Waals surface area contributed by atoms with Gasteiger partial charge in [-0.15, -0.1) is 0 Å². The van der Waals surface area contributed by atoms with Crippen LogP contribution >= 0.6 is 0 Å². The summed E-state index contributed by atoms with van der Waals surface area (Å²) in [6.07, 6.45) is 0.731. The highest BCUT2D eigenvalue weighted by atomic mass is 16.5. The van der Waals surface area contributed by atoms with E-state index in [-0.39, 0.29) is 0 Å². The Kier molecular flexibility index (Phi) is 3.87. The van der Waals surface area contributed by atoms with Crippen LogP contribution in [0.3, 0.4) is 0 Å². The zero-order valence-electron chi connectivity index (χ0n) is 7.71. The Morgan fingerprint density at radius 2 is 2.23 bits per heavy atom. The molecule has 0 heterocycles. The molecule has 68 valence electrons. The van der Waals surface area contributed by atoms with Crippen LogP contribution in [0, 0.1) is 11.8 Å². The molecule has 1 aromatic carbocycles. The van der Waals surface area contributed by atoms with Crippen LogP contribution in [0.5, 0.6) is 5.75 Å². The lowest BCUT2D eigenvalue weighted by atomic mass is 10.1. The van der Waals surface area contributed by atoms with E-state index in [1.54, 1.807) is 7.11 Å². The molecule has 0 amide bonds. The first-order valence-electron chi connectivity index (χ1n) is 4.15. The first kappa shape index (κ1) is 9.63. The Morgan fingerprint density at radius 3 is 2.92 bits per heavy atom. The van der Waals surface area contributed by atoms with Gasteiger partial charge in [-0.1, -0.05) is 24.0 Å². The molecule has 0 aliphatic rings. The van der Waals surface area contributed by atoms with Gasteiger partial charge >= 0.3 is 0 Å². The standard InChI is InChI=1S/C11H13NO/c1-13-11-7-4-6-10(9-11)5-2-3-8-12/h4,6-7,9H,5,8,12H2,1H3. The molecular weight excluding hydrogens is 162 g/mol. The minimum Gasteiger partial charge on any atom is -0.497 e. The number of rotatable bonds is 2. The summed E-state index contributed by atoms with van der Waals surface area (Å²) in [6, 6.07) is 7.87. The molecule has 0 atom stereocenters. The number of methoxy groups -OCH3 is 1. The second kappa shape index (κ2) is 5.23. The molecule has 0 aromatic heterocycles. The van der Waals surface area contributed by atoms with E-state index in [9.17, 15) is 0 Å². The van der Waals surface area contributed by atoms with Crippen molar-refractivity contribution < 1.29 is 4.74 Å². The molecule has 0 saturated carbocycles. The van der Waals surface area contributed by atoms with Crippen LogP contribution in [0.25, 0.3) is 0 Å². The molecule has 0 saturated heterocycles. The van der Waals surface area contributed by atoms with Crippen LogP contribution < -0.4 is 10.5 Å². The summed E-state index contributed by atoms with van der Waals surface area (Å²) in [5.74, 6) is 6.66. The largest absolute Gasteiger partial charge is 0.497 e. The second-order valence-electron chi connectivity index (χ2n) is 2.59.